The Labute approximate surface area is 120 Å². The summed E-state index contributed by atoms with van der Waals surface area (Å²) in [6.45, 7) is 1.77. The summed E-state index contributed by atoms with van der Waals surface area (Å²) in [5.41, 5.74) is 1.79. The maximum atomic E-state index is 12.0. The largest absolute Gasteiger partial charge is 0.465 e. The Morgan fingerprint density at radius 3 is 2.43 bits per heavy atom. The molecular formula is C15H14N2O4. The second kappa shape index (κ2) is 6.04. The van der Waals surface area contributed by atoms with Gasteiger partial charge in [0.25, 0.3) is 5.91 Å². The van der Waals surface area contributed by atoms with Crippen molar-refractivity contribution in [2.24, 2.45) is 0 Å². The van der Waals surface area contributed by atoms with Crippen LogP contribution in [0.1, 0.15) is 26.3 Å². The standard InChI is InChI=1S/C15H14N2O4/c1-9-7-10(15(20)21-2)3-5-12(9)17-14(19)11-4-6-13(18)16-8-11/h3-8H,1-2H3,(H,16,18)(H,17,19). The van der Waals surface area contributed by atoms with Crippen LogP contribution in [0, 0.1) is 6.92 Å². The molecule has 0 atom stereocenters. The number of anilines is 1. The Morgan fingerprint density at radius 2 is 1.86 bits per heavy atom. The fraction of sp³-hybridized carbons (Fsp3) is 0.133. The van der Waals surface area contributed by atoms with Crippen LogP contribution in [0.15, 0.2) is 41.3 Å². The van der Waals surface area contributed by atoms with E-state index in [1.807, 2.05) is 0 Å². The summed E-state index contributed by atoms with van der Waals surface area (Å²) in [7, 11) is 1.31. The van der Waals surface area contributed by atoms with Gasteiger partial charge in [0.2, 0.25) is 5.56 Å². The molecule has 108 valence electrons. The summed E-state index contributed by atoms with van der Waals surface area (Å²) in [4.78, 5) is 36.8. The molecule has 0 bridgehead atoms. The first kappa shape index (κ1) is 14.5. The minimum atomic E-state index is -0.434. The van der Waals surface area contributed by atoms with Crippen molar-refractivity contribution in [3.63, 3.8) is 0 Å². The van der Waals surface area contributed by atoms with E-state index in [0.717, 1.165) is 5.56 Å². The summed E-state index contributed by atoms with van der Waals surface area (Å²) >= 11 is 0. The fourth-order valence-electron chi connectivity index (χ4n) is 1.80. The quantitative estimate of drug-likeness (QED) is 0.841. The van der Waals surface area contributed by atoms with Gasteiger partial charge in [-0.15, -0.1) is 0 Å². The molecule has 0 aliphatic heterocycles. The molecule has 0 spiro atoms. The Kier molecular flexibility index (Phi) is 4.18. The first-order chi connectivity index (χ1) is 10.0. The second-order valence-electron chi connectivity index (χ2n) is 4.42. The van der Waals surface area contributed by atoms with E-state index in [-0.39, 0.29) is 11.5 Å². The van der Waals surface area contributed by atoms with Gasteiger partial charge in [-0.2, -0.15) is 0 Å². The predicted molar refractivity (Wildman–Crippen MR) is 77.5 cm³/mol. The second-order valence-corrected chi connectivity index (χ2v) is 4.42. The van der Waals surface area contributed by atoms with Crippen molar-refractivity contribution < 1.29 is 14.3 Å². The van der Waals surface area contributed by atoms with Crippen molar-refractivity contribution in [1.29, 1.82) is 0 Å². The van der Waals surface area contributed by atoms with E-state index in [2.05, 4.69) is 15.0 Å². The molecule has 1 aromatic heterocycles. The summed E-state index contributed by atoms with van der Waals surface area (Å²) < 4.78 is 4.63. The van der Waals surface area contributed by atoms with Crippen LogP contribution >= 0.6 is 0 Å². The lowest BCUT2D eigenvalue weighted by Gasteiger charge is -2.09. The first-order valence-corrected chi connectivity index (χ1v) is 6.20. The molecule has 0 saturated heterocycles. The third-order valence-electron chi connectivity index (χ3n) is 2.94. The number of methoxy groups -OCH3 is 1. The number of carbonyl (C=O) groups excluding carboxylic acids is 2. The molecule has 6 nitrogen and oxygen atoms in total. The number of amides is 1. The minimum Gasteiger partial charge on any atom is -0.465 e. The van der Waals surface area contributed by atoms with Gasteiger partial charge in [-0.25, -0.2) is 4.79 Å². The lowest BCUT2D eigenvalue weighted by Crippen LogP contribution is -2.15. The number of rotatable bonds is 3. The van der Waals surface area contributed by atoms with Crippen molar-refractivity contribution in [2.45, 2.75) is 6.92 Å². The van der Waals surface area contributed by atoms with Gasteiger partial charge in [0.15, 0.2) is 0 Å². The number of esters is 1. The van der Waals surface area contributed by atoms with Crippen molar-refractivity contribution in [3.8, 4) is 0 Å². The molecule has 2 rings (SSSR count). The number of nitrogens with one attached hydrogen (secondary N) is 2. The maximum absolute atomic E-state index is 12.0. The average molecular weight is 286 g/mol. The van der Waals surface area contributed by atoms with Crippen LogP contribution < -0.4 is 10.9 Å². The number of benzene rings is 1. The van der Waals surface area contributed by atoms with Crippen LogP contribution in [-0.2, 0) is 4.74 Å². The Balaban J connectivity index is 2.19. The Hall–Kier alpha value is -2.89. The topological polar surface area (TPSA) is 88.3 Å². The van der Waals surface area contributed by atoms with E-state index in [4.69, 9.17) is 0 Å². The molecule has 0 radical (unpaired) electrons. The van der Waals surface area contributed by atoms with Crippen LogP contribution in [0.2, 0.25) is 0 Å². The number of hydrogen-bond donors (Lipinski definition) is 2. The van der Waals surface area contributed by atoms with Gasteiger partial charge in [0, 0.05) is 18.0 Å². The number of pyridine rings is 1. The van der Waals surface area contributed by atoms with E-state index >= 15 is 0 Å². The molecule has 6 heteroatoms. The number of aromatic nitrogens is 1. The first-order valence-electron chi connectivity index (χ1n) is 6.20. The van der Waals surface area contributed by atoms with Crippen LogP contribution in [-0.4, -0.2) is 24.0 Å². The van der Waals surface area contributed by atoms with E-state index in [9.17, 15) is 14.4 Å². The summed E-state index contributed by atoms with van der Waals surface area (Å²) in [5.74, 6) is -0.781. The van der Waals surface area contributed by atoms with Gasteiger partial charge in [-0.1, -0.05) is 0 Å². The van der Waals surface area contributed by atoms with Gasteiger partial charge in [-0.05, 0) is 36.8 Å². The summed E-state index contributed by atoms with van der Waals surface area (Å²) in [6.07, 6.45) is 1.34. The van der Waals surface area contributed by atoms with Gasteiger partial charge < -0.3 is 15.0 Å². The van der Waals surface area contributed by atoms with E-state index in [1.165, 1.54) is 25.4 Å². The lowest BCUT2D eigenvalue weighted by molar-refractivity contribution is 0.0600. The molecule has 0 fully saturated rings. The highest BCUT2D eigenvalue weighted by Gasteiger charge is 2.11. The minimum absolute atomic E-state index is 0.273. The number of hydrogen-bond acceptors (Lipinski definition) is 4. The number of aromatic amines is 1. The van der Waals surface area contributed by atoms with Gasteiger partial charge in [-0.3, -0.25) is 9.59 Å². The Bertz CT molecular complexity index is 729. The third kappa shape index (κ3) is 3.36. The zero-order valence-corrected chi connectivity index (χ0v) is 11.6. The van der Waals surface area contributed by atoms with E-state index in [0.29, 0.717) is 16.8 Å². The molecule has 21 heavy (non-hydrogen) atoms. The summed E-state index contributed by atoms with van der Waals surface area (Å²) in [5, 5.41) is 2.72. The molecule has 2 aromatic rings. The van der Waals surface area contributed by atoms with Crippen LogP contribution in [0.5, 0.6) is 0 Å². The molecule has 1 heterocycles. The molecule has 0 aliphatic rings. The normalized spacial score (nSPS) is 10.0. The van der Waals surface area contributed by atoms with Crippen molar-refractivity contribution in [2.75, 3.05) is 12.4 Å². The number of carbonyl (C=O) groups is 2. The smallest absolute Gasteiger partial charge is 0.337 e. The average Bonchev–Trinajstić information content (AvgIpc) is 2.49. The monoisotopic (exact) mass is 286 g/mol. The highest BCUT2D eigenvalue weighted by molar-refractivity contribution is 6.04. The molecule has 0 unspecified atom stereocenters. The van der Waals surface area contributed by atoms with Gasteiger partial charge in [0.05, 0.1) is 18.2 Å². The highest BCUT2D eigenvalue weighted by Crippen LogP contribution is 2.18. The number of H-pyrrole nitrogens is 1. The van der Waals surface area contributed by atoms with Crippen LogP contribution in [0.3, 0.4) is 0 Å². The molecular weight excluding hydrogens is 272 g/mol. The molecule has 1 amide bonds. The van der Waals surface area contributed by atoms with E-state index < -0.39 is 5.97 Å². The predicted octanol–water partition coefficient (Wildman–Crippen LogP) is 1.72. The molecule has 2 N–H and O–H groups in total. The number of ether oxygens (including phenoxy) is 1. The molecule has 0 saturated carbocycles. The van der Waals surface area contributed by atoms with E-state index in [1.54, 1.807) is 25.1 Å². The lowest BCUT2D eigenvalue weighted by atomic mass is 10.1. The van der Waals surface area contributed by atoms with Crippen LogP contribution in [0.25, 0.3) is 0 Å². The Morgan fingerprint density at radius 1 is 1.14 bits per heavy atom. The summed E-state index contributed by atoms with van der Waals surface area (Å²) in [6, 6.07) is 7.55. The molecule has 1 aromatic carbocycles. The zero-order chi connectivity index (χ0) is 15.4. The fourth-order valence-corrected chi connectivity index (χ4v) is 1.80. The van der Waals surface area contributed by atoms with Crippen LogP contribution in [0.4, 0.5) is 5.69 Å². The maximum Gasteiger partial charge on any atom is 0.337 e. The van der Waals surface area contributed by atoms with Crippen molar-refractivity contribution >= 4 is 17.6 Å². The number of aryl methyl sites for hydroxylation is 1. The molecule has 0 aliphatic carbocycles. The zero-order valence-electron chi connectivity index (χ0n) is 11.6. The van der Waals surface area contributed by atoms with Gasteiger partial charge >= 0.3 is 5.97 Å². The third-order valence-corrected chi connectivity index (χ3v) is 2.94. The van der Waals surface area contributed by atoms with Crippen molar-refractivity contribution in [1.82, 2.24) is 4.98 Å². The van der Waals surface area contributed by atoms with Crippen molar-refractivity contribution in [3.05, 3.63) is 63.6 Å². The highest BCUT2D eigenvalue weighted by atomic mass is 16.5. The SMILES string of the molecule is COC(=O)c1ccc(NC(=O)c2ccc(=O)[nH]c2)c(C)c1. The van der Waals surface area contributed by atoms with Gasteiger partial charge in [0.1, 0.15) is 0 Å².